The molecular formula is C21H26N2O5S. The summed E-state index contributed by atoms with van der Waals surface area (Å²) >= 11 is 0. The van der Waals surface area contributed by atoms with Crippen LogP contribution >= 0.6 is 0 Å². The van der Waals surface area contributed by atoms with E-state index in [9.17, 15) is 13.2 Å². The van der Waals surface area contributed by atoms with Gasteiger partial charge in [-0.1, -0.05) is 18.2 Å². The highest BCUT2D eigenvalue weighted by Gasteiger charge is 2.24. The van der Waals surface area contributed by atoms with Crippen molar-refractivity contribution in [1.29, 1.82) is 0 Å². The summed E-state index contributed by atoms with van der Waals surface area (Å²) < 4.78 is 37.0. The minimum absolute atomic E-state index is 0.294. The molecule has 0 saturated heterocycles. The summed E-state index contributed by atoms with van der Waals surface area (Å²) in [5, 5.41) is 2.87. The Labute approximate surface area is 171 Å². The SMILES string of the molecule is Cc1ccc(C)c(N(CC(=O)N[C@H](C)c2ccc3c(c2)OCCO3)S(C)(=O)=O)c1. The van der Waals surface area contributed by atoms with E-state index in [1.165, 1.54) is 0 Å². The highest BCUT2D eigenvalue weighted by molar-refractivity contribution is 7.92. The van der Waals surface area contributed by atoms with Gasteiger partial charge in [0.1, 0.15) is 19.8 Å². The Morgan fingerprint density at radius 3 is 2.48 bits per heavy atom. The Balaban J connectivity index is 1.76. The summed E-state index contributed by atoms with van der Waals surface area (Å²) in [6, 6.07) is 10.7. The molecule has 2 aromatic carbocycles. The summed E-state index contributed by atoms with van der Waals surface area (Å²) in [7, 11) is -3.63. The summed E-state index contributed by atoms with van der Waals surface area (Å²) in [6.45, 7) is 6.24. The molecule has 29 heavy (non-hydrogen) atoms. The molecule has 0 saturated carbocycles. The lowest BCUT2D eigenvalue weighted by Gasteiger charge is -2.25. The molecule has 1 aliphatic rings. The minimum Gasteiger partial charge on any atom is -0.486 e. The Morgan fingerprint density at radius 2 is 1.79 bits per heavy atom. The van der Waals surface area contributed by atoms with Gasteiger partial charge in [0.2, 0.25) is 15.9 Å². The topological polar surface area (TPSA) is 84.9 Å². The van der Waals surface area contributed by atoms with E-state index in [0.717, 1.165) is 27.3 Å². The number of nitrogens with one attached hydrogen (secondary N) is 1. The normalized spacial score (nSPS) is 14.2. The van der Waals surface area contributed by atoms with E-state index in [-0.39, 0.29) is 12.6 Å². The number of hydrogen-bond donors (Lipinski definition) is 1. The third kappa shape index (κ3) is 5.00. The van der Waals surface area contributed by atoms with Crippen LogP contribution in [0.1, 0.15) is 29.7 Å². The summed E-state index contributed by atoms with van der Waals surface area (Å²) in [6.07, 6.45) is 1.10. The third-order valence-electron chi connectivity index (χ3n) is 4.76. The number of aryl methyl sites for hydroxylation is 2. The van der Waals surface area contributed by atoms with Crippen LogP contribution in [-0.4, -0.2) is 40.3 Å². The molecular weight excluding hydrogens is 392 g/mol. The van der Waals surface area contributed by atoms with Gasteiger partial charge in [-0.25, -0.2) is 8.42 Å². The van der Waals surface area contributed by atoms with E-state index in [1.54, 1.807) is 6.07 Å². The zero-order chi connectivity index (χ0) is 21.2. The second-order valence-corrected chi connectivity index (χ2v) is 9.16. The van der Waals surface area contributed by atoms with Gasteiger partial charge in [-0.3, -0.25) is 9.10 Å². The number of carbonyl (C=O) groups is 1. The fourth-order valence-electron chi connectivity index (χ4n) is 3.20. The van der Waals surface area contributed by atoms with Gasteiger partial charge in [0.05, 0.1) is 18.0 Å². The molecule has 0 aromatic heterocycles. The van der Waals surface area contributed by atoms with Crippen LogP contribution in [0.15, 0.2) is 36.4 Å². The number of amides is 1. The Hall–Kier alpha value is -2.74. The van der Waals surface area contributed by atoms with Crippen molar-refractivity contribution in [1.82, 2.24) is 5.32 Å². The number of benzene rings is 2. The molecule has 0 spiro atoms. The Kier molecular flexibility index (Phi) is 6.02. The molecule has 8 heteroatoms. The van der Waals surface area contributed by atoms with Crippen LogP contribution in [0, 0.1) is 13.8 Å². The molecule has 3 rings (SSSR count). The summed E-state index contributed by atoms with van der Waals surface area (Å²) in [5.74, 6) is 0.929. The number of carbonyl (C=O) groups excluding carboxylic acids is 1. The predicted octanol–water partition coefficient (Wildman–Crippen LogP) is 2.72. The molecule has 0 radical (unpaired) electrons. The third-order valence-corrected chi connectivity index (χ3v) is 5.89. The van der Waals surface area contributed by atoms with E-state index >= 15 is 0 Å². The van der Waals surface area contributed by atoms with Gasteiger partial charge in [-0.05, 0) is 55.7 Å². The van der Waals surface area contributed by atoms with Crippen molar-refractivity contribution < 1.29 is 22.7 Å². The largest absolute Gasteiger partial charge is 0.486 e. The van der Waals surface area contributed by atoms with Gasteiger partial charge in [0.15, 0.2) is 11.5 Å². The van der Waals surface area contributed by atoms with Crippen molar-refractivity contribution in [2.24, 2.45) is 0 Å². The molecule has 1 amide bonds. The first kappa shape index (κ1) is 21.0. The lowest BCUT2D eigenvalue weighted by Crippen LogP contribution is -2.41. The first-order chi connectivity index (χ1) is 13.6. The number of rotatable bonds is 6. The van der Waals surface area contributed by atoms with Crippen LogP contribution in [0.3, 0.4) is 0 Å². The molecule has 0 fully saturated rings. The molecule has 2 aromatic rings. The molecule has 0 aliphatic carbocycles. The molecule has 0 bridgehead atoms. The second kappa shape index (κ2) is 8.32. The molecule has 7 nitrogen and oxygen atoms in total. The van der Waals surface area contributed by atoms with Gasteiger partial charge >= 0.3 is 0 Å². The Bertz CT molecular complexity index is 1020. The highest BCUT2D eigenvalue weighted by atomic mass is 32.2. The zero-order valence-corrected chi connectivity index (χ0v) is 17.9. The van der Waals surface area contributed by atoms with Crippen LogP contribution in [-0.2, 0) is 14.8 Å². The van der Waals surface area contributed by atoms with Crippen molar-refractivity contribution in [3.8, 4) is 11.5 Å². The quantitative estimate of drug-likeness (QED) is 0.780. The second-order valence-electron chi connectivity index (χ2n) is 7.25. The number of nitrogens with zero attached hydrogens (tertiary/aromatic N) is 1. The first-order valence-electron chi connectivity index (χ1n) is 9.39. The van der Waals surface area contributed by atoms with Crippen LogP contribution in [0.5, 0.6) is 11.5 Å². The predicted molar refractivity (Wildman–Crippen MR) is 112 cm³/mol. The summed E-state index contributed by atoms with van der Waals surface area (Å²) in [4.78, 5) is 12.7. The van der Waals surface area contributed by atoms with E-state index in [2.05, 4.69) is 5.32 Å². The number of hydrogen-bond acceptors (Lipinski definition) is 5. The fraction of sp³-hybridized carbons (Fsp3) is 0.381. The molecule has 1 heterocycles. The average molecular weight is 419 g/mol. The van der Waals surface area contributed by atoms with Crippen molar-refractivity contribution in [2.75, 3.05) is 30.3 Å². The molecule has 1 aliphatic heterocycles. The maximum atomic E-state index is 12.7. The number of sulfonamides is 1. The van der Waals surface area contributed by atoms with E-state index in [4.69, 9.17) is 9.47 Å². The molecule has 1 atom stereocenters. The van der Waals surface area contributed by atoms with Gasteiger partial charge in [0.25, 0.3) is 0 Å². The van der Waals surface area contributed by atoms with Crippen molar-refractivity contribution in [3.63, 3.8) is 0 Å². The van der Waals surface area contributed by atoms with Gasteiger partial charge < -0.3 is 14.8 Å². The van der Waals surface area contributed by atoms with E-state index in [0.29, 0.717) is 30.4 Å². The smallest absolute Gasteiger partial charge is 0.241 e. The number of fused-ring (bicyclic) bond motifs is 1. The minimum atomic E-state index is -3.63. The van der Waals surface area contributed by atoms with Crippen molar-refractivity contribution >= 4 is 21.6 Å². The van der Waals surface area contributed by atoms with Crippen molar-refractivity contribution in [3.05, 3.63) is 53.1 Å². The summed E-state index contributed by atoms with van der Waals surface area (Å²) in [5.41, 5.74) is 3.06. The van der Waals surface area contributed by atoms with Gasteiger partial charge in [-0.15, -0.1) is 0 Å². The Morgan fingerprint density at radius 1 is 1.10 bits per heavy atom. The van der Waals surface area contributed by atoms with Crippen molar-refractivity contribution in [2.45, 2.75) is 26.8 Å². The fourth-order valence-corrected chi connectivity index (χ4v) is 4.11. The number of ether oxygens (including phenoxy) is 2. The van der Waals surface area contributed by atoms with E-state index in [1.807, 2.05) is 51.1 Å². The number of anilines is 1. The van der Waals surface area contributed by atoms with E-state index < -0.39 is 15.9 Å². The zero-order valence-electron chi connectivity index (χ0n) is 17.1. The lowest BCUT2D eigenvalue weighted by molar-refractivity contribution is -0.120. The van der Waals surface area contributed by atoms with Crippen LogP contribution in [0.4, 0.5) is 5.69 Å². The highest BCUT2D eigenvalue weighted by Crippen LogP contribution is 2.32. The van der Waals surface area contributed by atoms with Gasteiger partial charge in [0, 0.05) is 0 Å². The lowest BCUT2D eigenvalue weighted by atomic mass is 10.1. The molecule has 156 valence electrons. The molecule has 0 unspecified atom stereocenters. The van der Waals surface area contributed by atoms with Gasteiger partial charge in [-0.2, -0.15) is 0 Å². The first-order valence-corrected chi connectivity index (χ1v) is 11.2. The van der Waals surface area contributed by atoms with Crippen LogP contribution < -0.4 is 19.1 Å². The maximum Gasteiger partial charge on any atom is 0.241 e. The van der Waals surface area contributed by atoms with Crippen LogP contribution in [0.2, 0.25) is 0 Å². The molecule has 1 N–H and O–H groups in total. The average Bonchev–Trinajstić information content (AvgIpc) is 2.67. The maximum absolute atomic E-state index is 12.7. The van der Waals surface area contributed by atoms with Crippen LogP contribution in [0.25, 0.3) is 0 Å². The monoisotopic (exact) mass is 418 g/mol. The standard InChI is InChI=1S/C21H26N2O5S/c1-14-5-6-15(2)18(11-14)23(29(4,25)26)13-21(24)22-16(3)17-7-8-19-20(12-17)28-10-9-27-19/h5-8,11-12,16H,9-10,13H2,1-4H3,(H,22,24)/t16-/m1/s1.